The lowest BCUT2D eigenvalue weighted by Gasteiger charge is -2.20. The van der Waals surface area contributed by atoms with E-state index in [-0.39, 0.29) is 0 Å². The molecule has 1 saturated carbocycles. The third-order valence-corrected chi connectivity index (χ3v) is 2.86. The van der Waals surface area contributed by atoms with Crippen molar-refractivity contribution >= 4 is 0 Å². The van der Waals surface area contributed by atoms with E-state index < -0.39 is 0 Å². The van der Waals surface area contributed by atoms with E-state index in [1.807, 2.05) is 0 Å². The number of likely N-dealkylation sites (N-methyl/N-ethyl adjacent to an activating group) is 1. The smallest absolute Gasteiger partial charge is 0.00807 e. The van der Waals surface area contributed by atoms with Crippen molar-refractivity contribution in [3.8, 4) is 0 Å². The van der Waals surface area contributed by atoms with Crippen LogP contribution in [0, 0.1) is 0 Å². The minimum absolute atomic E-state index is 0.491. The van der Waals surface area contributed by atoms with Gasteiger partial charge in [0.25, 0.3) is 0 Å². The zero-order valence-corrected chi connectivity index (χ0v) is 8.46. The molecule has 0 amide bonds. The molecule has 13 heavy (non-hydrogen) atoms. The summed E-state index contributed by atoms with van der Waals surface area (Å²) in [5.41, 5.74) is 2.01. The van der Waals surface area contributed by atoms with E-state index in [4.69, 9.17) is 0 Å². The summed E-state index contributed by atoms with van der Waals surface area (Å²) in [6.07, 6.45) is 2.71. The van der Waals surface area contributed by atoms with Crippen LogP contribution >= 0.6 is 0 Å². The second kappa shape index (κ2) is 3.15. The van der Waals surface area contributed by atoms with Gasteiger partial charge in [0.15, 0.2) is 0 Å². The van der Waals surface area contributed by atoms with Gasteiger partial charge in [0.05, 0.1) is 0 Å². The molecule has 1 aromatic rings. The first-order valence-corrected chi connectivity index (χ1v) is 4.93. The Bertz CT molecular complexity index is 272. The maximum atomic E-state index is 2.29. The predicted molar refractivity (Wildman–Crippen MR) is 55.9 cm³/mol. The Labute approximate surface area is 80.4 Å². The normalized spacial score (nSPS) is 19.0. The Morgan fingerprint density at radius 3 is 2.23 bits per heavy atom. The van der Waals surface area contributed by atoms with Crippen molar-refractivity contribution in [2.45, 2.75) is 18.3 Å². The molecule has 1 aromatic carbocycles. The molecular formula is C12H17N. The highest BCUT2D eigenvalue weighted by atomic mass is 15.1. The molecule has 1 aliphatic carbocycles. The molecule has 0 radical (unpaired) electrons. The van der Waals surface area contributed by atoms with Crippen LogP contribution in [0.25, 0.3) is 0 Å². The van der Waals surface area contributed by atoms with Crippen LogP contribution < -0.4 is 0 Å². The van der Waals surface area contributed by atoms with Gasteiger partial charge in [0.1, 0.15) is 0 Å². The quantitative estimate of drug-likeness (QED) is 0.681. The van der Waals surface area contributed by atoms with Crippen LogP contribution in [0.1, 0.15) is 18.4 Å². The van der Waals surface area contributed by atoms with Crippen molar-refractivity contribution in [2.24, 2.45) is 0 Å². The summed E-state index contributed by atoms with van der Waals surface area (Å²) in [7, 11) is 4.31. The van der Waals surface area contributed by atoms with Gasteiger partial charge in [-0.2, -0.15) is 0 Å². The maximum Gasteiger partial charge on any atom is 0.00807 e. The summed E-state index contributed by atoms with van der Waals surface area (Å²) in [5.74, 6) is 0. The maximum absolute atomic E-state index is 2.29. The van der Waals surface area contributed by atoms with Crippen LogP contribution in [0.5, 0.6) is 0 Å². The summed E-state index contributed by atoms with van der Waals surface area (Å²) in [5, 5.41) is 0. The van der Waals surface area contributed by atoms with Crippen LogP contribution in [0.15, 0.2) is 30.3 Å². The molecule has 1 heteroatoms. The molecule has 0 N–H and O–H groups in total. The average molecular weight is 175 g/mol. The lowest BCUT2D eigenvalue weighted by Crippen LogP contribution is -2.25. The van der Waals surface area contributed by atoms with Crippen LogP contribution in [0.3, 0.4) is 0 Å². The molecule has 70 valence electrons. The Balaban J connectivity index is 2.16. The fraction of sp³-hybridized carbons (Fsp3) is 0.500. The van der Waals surface area contributed by atoms with Gasteiger partial charge in [0, 0.05) is 12.0 Å². The molecule has 2 rings (SSSR count). The molecular weight excluding hydrogens is 158 g/mol. The molecule has 0 unspecified atom stereocenters. The molecule has 1 fully saturated rings. The van der Waals surface area contributed by atoms with Crippen molar-refractivity contribution in [1.29, 1.82) is 0 Å². The van der Waals surface area contributed by atoms with Gasteiger partial charge in [-0.25, -0.2) is 0 Å². The molecule has 0 atom stereocenters. The Kier molecular flexibility index (Phi) is 2.12. The van der Waals surface area contributed by atoms with Crippen molar-refractivity contribution in [2.75, 3.05) is 20.6 Å². The van der Waals surface area contributed by atoms with Gasteiger partial charge in [-0.15, -0.1) is 0 Å². The topological polar surface area (TPSA) is 3.24 Å². The second-order valence-electron chi connectivity index (χ2n) is 4.38. The molecule has 0 aliphatic heterocycles. The molecule has 0 bridgehead atoms. The SMILES string of the molecule is CN(C)CC1(c2ccccc2)CC1. The number of benzene rings is 1. The first-order valence-electron chi connectivity index (χ1n) is 4.93. The number of nitrogens with zero attached hydrogens (tertiary/aromatic N) is 1. The second-order valence-corrected chi connectivity index (χ2v) is 4.38. The van der Waals surface area contributed by atoms with Gasteiger partial charge >= 0.3 is 0 Å². The minimum Gasteiger partial charge on any atom is -0.309 e. The van der Waals surface area contributed by atoms with E-state index >= 15 is 0 Å². The lowest BCUT2D eigenvalue weighted by molar-refractivity contribution is 0.362. The van der Waals surface area contributed by atoms with E-state index in [1.165, 1.54) is 24.9 Å². The van der Waals surface area contributed by atoms with E-state index in [0.29, 0.717) is 5.41 Å². The fourth-order valence-electron chi connectivity index (χ4n) is 2.09. The van der Waals surface area contributed by atoms with Crippen molar-refractivity contribution in [3.05, 3.63) is 35.9 Å². The molecule has 1 nitrogen and oxygen atoms in total. The molecule has 0 heterocycles. The molecule has 0 aromatic heterocycles. The third-order valence-electron chi connectivity index (χ3n) is 2.86. The van der Waals surface area contributed by atoms with Crippen LogP contribution in [-0.4, -0.2) is 25.5 Å². The first kappa shape index (κ1) is 8.76. The highest BCUT2D eigenvalue weighted by Gasteiger charge is 2.44. The fourth-order valence-corrected chi connectivity index (χ4v) is 2.09. The van der Waals surface area contributed by atoms with Crippen molar-refractivity contribution in [3.63, 3.8) is 0 Å². The van der Waals surface area contributed by atoms with E-state index in [0.717, 1.165) is 0 Å². The Hall–Kier alpha value is -0.820. The number of hydrogen-bond acceptors (Lipinski definition) is 1. The number of rotatable bonds is 3. The predicted octanol–water partition coefficient (Wildman–Crippen LogP) is 2.28. The van der Waals surface area contributed by atoms with E-state index in [1.54, 1.807) is 0 Å². The Morgan fingerprint density at radius 2 is 1.77 bits per heavy atom. The highest BCUT2D eigenvalue weighted by molar-refractivity contribution is 5.31. The van der Waals surface area contributed by atoms with Gasteiger partial charge in [-0.1, -0.05) is 30.3 Å². The van der Waals surface area contributed by atoms with Gasteiger partial charge in [0.2, 0.25) is 0 Å². The highest BCUT2D eigenvalue weighted by Crippen LogP contribution is 2.48. The summed E-state index contributed by atoms with van der Waals surface area (Å²) >= 11 is 0. The van der Waals surface area contributed by atoms with Crippen molar-refractivity contribution in [1.82, 2.24) is 4.90 Å². The standard InChI is InChI=1S/C12H17N/c1-13(2)10-12(8-9-12)11-6-4-3-5-7-11/h3-7H,8-10H2,1-2H3. The summed E-state index contributed by atoms with van der Waals surface area (Å²) in [6.45, 7) is 1.19. The lowest BCUT2D eigenvalue weighted by atomic mass is 9.96. The third kappa shape index (κ3) is 1.75. The largest absolute Gasteiger partial charge is 0.309 e. The van der Waals surface area contributed by atoms with E-state index in [2.05, 4.69) is 49.3 Å². The van der Waals surface area contributed by atoms with Gasteiger partial charge in [-0.05, 0) is 32.5 Å². The zero-order valence-electron chi connectivity index (χ0n) is 8.46. The monoisotopic (exact) mass is 175 g/mol. The van der Waals surface area contributed by atoms with Crippen LogP contribution in [-0.2, 0) is 5.41 Å². The van der Waals surface area contributed by atoms with Crippen LogP contribution in [0.2, 0.25) is 0 Å². The average Bonchev–Trinajstić information content (AvgIpc) is 2.86. The Morgan fingerprint density at radius 1 is 1.15 bits per heavy atom. The first-order chi connectivity index (χ1) is 6.23. The summed E-state index contributed by atoms with van der Waals surface area (Å²) in [6, 6.07) is 10.9. The summed E-state index contributed by atoms with van der Waals surface area (Å²) < 4.78 is 0. The van der Waals surface area contributed by atoms with E-state index in [9.17, 15) is 0 Å². The summed E-state index contributed by atoms with van der Waals surface area (Å²) in [4.78, 5) is 2.29. The van der Waals surface area contributed by atoms with Gasteiger partial charge < -0.3 is 4.90 Å². The zero-order chi connectivity index (χ0) is 9.31. The molecule has 0 spiro atoms. The number of hydrogen-bond donors (Lipinski definition) is 0. The van der Waals surface area contributed by atoms with Gasteiger partial charge in [-0.3, -0.25) is 0 Å². The molecule has 0 saturated heterocycles. The molecule has 1 aliphatic rings. The minimum atomic E-state index is 0.491. The van der Waals surface area contributed by atoms with Crippen molar-refractivity contribution < 1.29 is 0 Å². The van der Waals surface area contributed by atoms with Crippen LogP contribution in [0.4, 0.5) is 0 Å².